The van der Waals surface area contributed by atoms with E-state index in [1.54, 1.807) is 0 Å². The molecule has 3 amide bonds. The number of piperidine rings is 1. The molecule has 0 aromatic rings. The molecular formula is C13H25N3O2. The van der Waals surface area contributed by atoms with Crippen molar-refractivity contribution in [2.24, 2.45) is 0 Å². The first kappa shape index (κ1) is 14.8. The Balaban J connectivity index is 2.31. The molecule has 5 nitrogen and oxygen atoms in total. The Morgan fingerprint density at radius 3 is 2.22 bits per heavy atom. The van der Waals surface area contributed by atoms with Gasteiger partial charge in [-0.2, -0.15) is 0 Å². The standard InChI is InChI=1S/C13H25N3O2/c1-5-11(17)16-8-6-10(7-9-16)14-12(18)15-13(2,3)4/h10H,5-9H2,1-4H3,(H2,14,15,18). The Morgan fingerprint density at radius 2 is 1.78 bits per heavy atom. The molecule has 18 heavy (non-hydrogen) atoms. The highest BCUT2D eigenvalue weighted by Crippen LogP contribution is 2.11. The molecule has 0 unspecified atom stereocenters. The van der Waals surface area contributed by atoms with Gasteiger partial charge in [-0.15, -0.1) is 0 Å². The second kappa shape index (κ2) is 6.07. The number of amides is 3. The Morgan fingerprint density at radius 1 is 1.22 bits per heavy atom. The van der Waals surface area contributed by atoms with Crippen LogP contribution in [0.1, 0.15) is 47.0 Å². The van der Waals surface area contributed by atoms with Crippen LogP contribution in [0.3, 0.4) is 0 Å². The molecule has 1 aliphatic heterocycles. The lowest BCUT2D eigenvalue weighted by Crippen LogP contribution is -2.52. The largest absolute Gasteiger partial charge is 0.343 e. The molecule has 0 saturated carbocycles. The zero-order valence-electron chi connectivity index (χ0n) is 11.9. The van der Waals surface area contributed by atoms with E-state index in [0.717, 1.165) is 25.9 Å². The van der Waals surface area contributed by atoms with Crippen LogP contribution in [0.2, 0.25) is 0 Å². The van der Waals surface area contributed by atoms with Gasteiger partial charge in [0, 0.05) is 31.1 Å². The molecule has 0 bridgehead atoms. The molecule has 5 heteroatoms. The van der Waals surface area contributed by atoms with Crippen molar-refractivity contribution in [1.82, 2.24) is 15.5 Å². The van der Waals surface area contributed by atoms with Crippen LogP contribution in [0.25, 0.3) is 0 Å². The van der Waals surface area contributed by atoms with E-state index in [-0.39, 0.29) is 23.5 Å². The van der Waals surface area contributed by atoms with Crippen molar-refractivity contribution >= 4 is 11.9 Å². The fourth-order valence-corrected chi connectivity index (χ4v) is 2.06. The van der Waals surface area contributed by atoms with Crippen molar-refractivity contribution in [2.45, 2.75) is 58.5 Å². The van der Waals surface area contributed by atoms with Crippen molar-refractivity contribution in [2.75, 3.05) is 13.1 Å². The molecule has 0 aliphatic carbocycles. The molecule has 1 rings (SSSR count). The van der Waals surface area contributed by atoms with Crippen molar-refractivity contribution in [1.29, 1.82) is 0 Å². The summed E-state index contributed by atoms with van der Waals surface area (Å²) < 4.78 is 0. The van der Waals surface area contributed by atoms with Gasteiger partial charge < -0.3 is 15.5 Å². The summed E-state index contributed by atoms with van der Waals surface area (Å²) in [6.07, 6.45) is 2.23. The maximum atomic E-state index is 11.7. The monoisotopic (exact) mass is 255 g/mol. The smallest absolute Gasteiger partial charge is 0.315 e. The van der Waals surface area contributed by atoms with E-state index in [1.165, 1.54) is 0 Å². The van der Waals surface area contributed by atoms with Crippen LogP contribution in [0.5, 0.6) is 0 Å². The number of nitrogens with zero attached hydrogens (tertiary/aromatic N) is 1. The number of urea groups is 1. The lowest BCUT2D eigenvalue weighted by atomic mass is 10.0. The van der Waals surface area contributed by atoms with Crippen molar-refractivity contribution in [3.05, 3.63) is 0 Å². The summed E-state index contributed by atoms with van der Waals surface area (Å²) in [4.78, 5) is 25.1. The number of hydrogen-bond acceptors (Lipinski definition) is 2. The van der Waals surface area contributed by atoms with Gasteiger partial charge in [0.25, 0.3) is 0 Å². The molecule has 1 saturated heterocycles. The fraction of sp³-hybridized carbons (Fsp3) is 0.846. The van der Waals surface area contributed by atoms with Gasteiger partial charge in [0.1, 0.15) is 0 Å². The van der Waals surface area contributed by atoms with Crippen molar-refractivity contribution in [3.63, 3.8) is 0 Å². The Kier molecular flexibility index (Phi) is 4.99. The molecule has 2 N–H and O–H groups in total. The number of nitrogens with one attached hydrogen (secondary N) is 2. The Hall–Kier alpha value is -1.26. The summed E-state index contributed by atoms with van der Waals surface area (Å²) in [5, 5.41) is 5.85. The maximum Gasteiger partial charge on any atom is 0.315 e. The maximum absolute atomic E-state index is 11.7. The van der Waals surface area contributed by atoms with E-state index >= 15 is 0 Å². The van der Waals surface area contributed by atoms with E-state index in [1.807, 2.05) is 32.6 Å². The lowest BCUT2D eigenvalue weighted by molar-refractivity contribution is -0.131. The third-order valence-corrected chi connectivity index (χ3v) is 2.97. The SMILES string of the molecule is CCC(=O)N1CCC(NC(=O)NC(C)(C)C)CC1. The number of rotatable bonds is 2. The molecule has 0 spiro atoms. The molecule has 0 atom stereocenters. The van der Waals surface area contributed by atoms with Gasteiger partial charge in [-0.3, -0.25) is 4.79 Å². The normalized spacial score (nSPS) is 17.4. The van der Waals surface area contributed by atoms with Gasteiger partial charge >= 0.3 is 6.03 Å². The first-order valence-corrected chi connectivity index (χ1v) is 6.68. The van der Waals surface area contributed by atoms with E-state index in [9.17, 15) is 9.59 Å². The van der Waals surface area contributed by atoms with Crippen LogP contribution in [-0.4, -0.2) is 41.5 Å². The quantitative estimate of drug-likeness (QED) is 0.785. The second-order valence-electron chi connectivity index (χ2n) is 5.86. The van der Waals surface area contributed by atoms with Gasteiger partial charge in [-0.25, -0.2) is 4.79 Å². The van der Waals surface area contributed by atoms with Gasteiger partial charge in [-0.1, -0.05) is 6.92 Å². The van der Waals surface area contributed by atoms with E-state index in [4.69, 9.17) is 0 Å². The molecule has 0 aromatic carbocycles. The molecule has 104 valence electrons. The predicted octanol–water partition coefficient (Wildman–Crippen LogP) is 1.49. The van der Waals surface area contributed by atoms with Crippen LogP contribution in [0.4, 0.5) is 4.79 Å². The Bertz CT molecular complexity index is 302. The fourth-order valence-electron chi connectivity index (χ4n) is 2.06. The highest BCUT2D eigenvalue weighted by atomic mass is 16.2. The molecule has 1 aliphatic rings. The predicted molar refractivity (Wildman–Crippen MR) is 71.3 cm³/mol. The van der Waals surface area contributed by atoms with Crippen LogP contribution < -0.4 is 10.6 Å². The lowest BCUT2D eigenvalue weighted by Gasteiger charge is -2.33. The molecule has 1 heterocycles. The van der Waals surface area contributed by atoms with Crippen LogP contribution in [0.15, 0.2) is 0 Å². The van der Waals surface area contributed by atoms with E-state index < -0.39 is 0 Å². The number of likely N-dealkylation sites (tertiary alicyclic amines) is 1. The average Bonchev–Trinajstić information content (AvgIpc) is 2.26. The third-order valence-electron chi connectivity index (χ3n) is 2.97. The van der Waals surface area contributed by atoms with Gasteiger partial charge in [0.15, 0.2) is 0 Å². The zero-order valence-corrected chi connectivity index (χ0v) is 11.9. The van der Waals surface area contributed by atoms with E-state index in [0.29, 0.717) is 6.42 Å². The first-order chi connectivity index (χ1) is 8.31. The summed E-state index contributed by atoms with van der Waals surface area (Å²) in [6.45, 7) is 9.23. The summed E-state index contributed by atoms with van der Waals surface area (Å²) >= 11 is 0. The minimum absolute atomic E-state index is 0.122. The summed E-state index contributed by atoms with van der Waals surface area (Å²) in [5.41, 5.74) is -0.219. The third kappa shape index (κ3) is 4.94. The van der Waals surface area contributed by atoms with Gasteiger partial charge in [0.05, 0.1) is 0 Å². The summed E-state index contributed by atoms with van der Waals surface area (Å²) in [7, 11) is 0. The molecule has 0 aromatic heterocycles. The Labute approximate surface area is 109 Å². The zero-order chi connectivity index (χ0) is 13.8. The minimum atomic E-state index is -0.219. The highest BCUT2D eigenvalue weighted by Gasteiger charge is 2.23. The van der Waals surface area contributed by atoms with Crippen LogP contribution in [-0.2, 0) is 4.79 Å². The number of hydrogen-bond donors (Lipinski definition) is 2. The first-order valence-electron chi connectivity index (χ1n) is 6.68. The van der Waals surface area contributed by atoms with Gasteiger partial charge in [-0.05, 0) is 33.6 Å². The highest BCUT2D eigenvalue weighted by molar-refractivity contribution is 5.76. The van der Waals surface area contributed by atoms with Crippen LogP contribution >= 0.6 is 0 Å². The van der Waals surface area contributed by atoms with Crippen molar-refractivity contribution in [3.8, 4) is 0 Å². The summed E-state index contributed by atoms with van der Waals surface area (Å²) in [6, 6.07) is 0.0519. The van der Waals surface area contributed by atoms with Crippen LogP contribution in [0, 0.1) is 0 Å². The molecular weight excluding hydrogens is 230 g/mol. The minimum Gasteiger partial charge on any atom is -0.343 e. The molecule has 1 fully saturated rings. The second-order valence-corrected chi connectivity index (χ2v) is 5.86. The van der Waals surface area contributed by atoms with Gasteiger partial charge in [0.2, 0.25) is 5.91 Å². The average molecular weight is 255 g/mol. The number of carbonyl (C=O) groups excluding carboxylic acids is 2. The topological polar surface area (TPSA) is 61.4 Å². The van der Waals surface area contributed by atoms with Crippen molar-refractivity contribution < 1.29 is 9.59 Å². The van der Waals surface area contributed by atoms with E-state index in [2.05, 4.69) is 10.6 Å². The number of carbonyl (C=O) groups is 2. The molecule has 0 radical (unpaired) electrons. The summed E-state index contributed by atoms with van der Waals surface area (Å²) in [5.74, 6) is 0.201.